The molecule has 0 spiro atoms. The van der Waals surface area contributed by atoms with Crippen molar-refractivity contribution in [2.75, 3.05) is 40.0 Å². The van der Waals surface area contributed by atoms with Crippen molar-refractivity contribution in [1.82, 2.24) is 4.90 Å². The fourth-order valence-corrected chi connectivity index (χ4v) is 3.14. The van der Waals surface area contributed by atoms with E-state index in [4.69, 9.17) is 15.2 Å². The molecule has 1 aliphatic carbocycles. The van der Waals surface area contributed by atoms with Gasteiger partial charge in [0.15, 0.2) is 0 Å². The van der Waals surface area contributed by atoms with Crippen LogP contribution < -0.4 is 5.73 Å². The van der Waals surface area contributed by atoms with Crippen molar-refractivity contribution in [3.63, 3.8) is 0 Å². The van der Waals surface area contributed by atoms with Crippen LogP contribution in [0.3, 0.4) is 0 Å². The first kappa shape index (κ1) is 15.7. The van der Waals surface area contributed by atoms with Crippen LogP contribution in [-0.4, -0.2) is 56.4 Å². The lowest BCUT2D eigenvalue weighted by Gasteiger charge is -2.37. The van der Waals surface area contributed by atoms with Crippen molar-refractivity contribution in [2.24, 2.45) is 17.6 Å². The largest absolute Gasteiger partial charge is 0.465 e. The molecule has 0 aromatic rings. The van der Waals surface area contributed by atoms with Crippen molar-refractivity contribution in [3.05, 3.63) is 0 Å². The van der Waals surface area contributed by atoms with E-state index in [1.807, 2.05) is 6.92 Å². The zero-order valence-electron chi connectivity index (χ0n) is 12.8. The van der Waals surface area contributed by atoms with Crippen molar-refractivity contribution in [1.29, 1.82) is 0 Å². The van der Waals surface area contributed by atoms with Crippen LogP contribution in [-0.2, 0) is 14.3 Å². The minimum Gasteiger partial charge on any atom is -0.465 e. The van der Waals surface area contributed by atoms with Crippen LogP contribution in [0.15, 0.2) is 0 Å². The van der Waals surface area contributed by atoms with Gasteiger partial charge in [0.05, 0.1) is 6.61 Å². The Morgan fingerprint density at radius 1 is 1.30 bits per heavy atom. The number of hydrogen-bond donors (Lipinski definition) is 1. The van der Waals surface area contributed by atoms with Crippen molar-refractivity contribution in [3.8, 4) is 0 Å². The van der Waals surface area contributed by atoms with E-state index >= 15 is 0 Å². The Bertz CT molecular complexity index is 325. The molecule has 5 heteroatoms. The summed E-state index contributed by atoms with van der Waals surface area (Å²) in [5.41, 5.74) is 5.61. The molecule has 1 unspecified atom stereocenters. The molecule has 0 bridgehead atoms. The zero-order chi connectivity index (χ0) is 14.6. The van der Waals surface area contributed by atoms with Gasteiger partial charge in [-0.1, -0.05) is 0 Å². The van der Waals surface area contributed by atoms with Gasteiger partial charge in [-0.3, -0.25) is 0 Å². The van der Waals surface area contributed by atoms with Crippen LogP contribution >= 0.6 is 0 Å². The molecule has 2 N–H and O–H groups in total. The number of hydrogen-bond acceptors (Lipinski definition) is 5. The maximum atomic E-state index is 12.2. The summed E-state index contributed by atoms with van der Waals surface area (Å²) in [6.07, 6.45) is 4.35. The Labute approximate surface area is 121 Å². The summed E-state index contributed by atoms with van der Waals surface area (Å²) in [5.74, 6) is 0.728. The molecule has 1 atom stereocenters. The summed E-state index contributed by atoms with van der Waals surface area (Å²) in [5, 5.41) is 0. The van der Waals surface area contributed by atoms with E-state index in [1.165, 1.54) is 0 Å². The molecule has 0 amide bonds. The summed E-state index contributed by atoms with van der Waals surface area (Å²) >= 11 is 0. The minimum absolute atomic E-state index is 0.221. The Morgan fingerprint density at radius 3 is 2.45 bits per heavy atom. The third-order valence-electron chi connectivity index (χ3n) is 4.56. The SMILES string of the molecule is CCOC(=O)C(N)(CN1CCC(COC)CC1)C1CC1. The second kappa shape index (κ2) is 6.87. The lowest BCUT2D eigenvalue weighted by atomic mass is 9.91. The molecule has 2 fully saturated rings. The number of carbonyl (C=O) groups is 1. The predicted octanol–water partition coefficient (Wildman–Crippen LogP) is 1.02. The lowest BCUT2D eigenvalue weighted by Crippen LogP contribution is -2.59. The first-order valence-corrected chi connectivity index (χ1v) is 7.77. The van der Waals surface area contributed by atoms with Crippen molar-refractivity contribution in [2.45, 2.75) is 38.1 Å². The highest BCUT2D eigenvalue weighted by Gasteiger charge is 2.50. The molecule has 1 heterocycles. The van der Waals surface area contributed by atoms with Crippen molar-refractivity contribution >= 4 is 5.97 Å². The number of esters is 1. The Kier molecular flexibility index (Phi) is 5.41. The standard InChI is InChI=1S/C15H28N2O3/c1-3-20-14(18)15(16,13-4-5-13)11-17-8-6-12(7-9-17)10-19-2/h12-13H,3-11,16H2,1-2H3. The zero-order valence-corrected chi connectivity index (χ0v) is 12.8. The second-order valence-electron chi connectivity index (χ2n) is 6.21. The molecule has 116 valence electrons. The average molecular weight is 284 g/mol. The Morgan fingerprint density at radius 2 is 1.95 bits per heavy atom. The highest BCUT2D eigenvalue weighted by molar-refractivity contribution is 5.82. The lowest BCUT2D eigenvalue weighted by molar-refractivity contribution is -0.151. The monoisotopic (exact) mass is 284 g/mol. The number of nitrogens with two attached hydrogens (primary N) is 1. The molecule has 20 heavy (non-hydrogen) atoms. The fraction of sp³-hybridized carbons (Fsp3) is 0.933. The summed E-state index contributed by atoms with van der Waals surface area (Å²) in [4.78, 5) is 14.5. The molecule has 1 saturated heterocycles. The van der Waals surface area contributed by atoms with Crippen LogP contribution in [0.4, 0.5) is 0 Å². The molecule has 1 aliphatic heterocycles. The molecular formula is C15H28N2O3. The molecule has 2 aliphatic rings. The number of ether oxygens (including phenoxy) is 2. The van der Waals surface area contributed by atoms with Crippen molar-refractivity contribution < 1.29 is 14.3 Å². The molecule has 1 saturated carbocycles. The maximum Gasteiger partial charge on any atom is 0.327 e. The molecule has 0 radical (unpaired) electrons. The number of rotatable bonds is 7. The van der Waals surface area contributed by atoms with Gasteiger partial charge < -0.3 is 20.1 Å². The normalized spacial score (nSPS) is 24.4. The van der Waals surface area contributed by atoms with Gasteiger partial charge in [0, 0.05) is 20.3 Å². The molecule has 0 aromatic carbocycles. The molecule has 2 rings (SSSR count). The minimum atomic E-state index is -0.801. The van der Waals surface area contributed by atoms with E-state index in [1.54, 1.807) is 7.11 Å². The van der Waals surface area contributed by atoms with Crippen LogP contribution in [0.1, 0.15) is 32.6 Å². The van der Waals surface area contributed by atoms with Crippen LogP contribution in [0.2, 0.25) is 0 Å². The van der Waals surface area contributed by atoms with Crippen LogP contribution in [0.5, 0.6) is 0 Å². The molecular weight excluding hydrogens is 256 g/mol. The molecule has 0 aromatic heterocycles. The van der Waals surface area contributed by atoms with E-state index in [2.05, 4.69) is 4.90 Å². The second-order valence-corrected chi connectivity index (χ2v) is 6.21. The third kappa shape index (κ3) is 3.71. The highest BCUT2D eigenvalue weighted by atomic mass is 16.5. The van der Waals surface area contributed by atoms with Crippen LogP contribution in [0.25, 0.3) is 0 Å². The highest BCUT2D eigenvalue weighted by Crippen LogP contribution is 2.40. The topological polar surface area (TPSA) is 64.8 Å². The van der Waals surface area contributed by atoms with Gasteiger partial charge in [-0.15, -0.1) is 0 Å². The van der Waals surface area contributed by atoms with E-state index in [9.17, 15) is 4.79 Å². The van der Waals surface area contributed by atoms with E-state index in [0.29, 0.717) is 25.0 Å². The van der Waals surface area contributed by atoms with Gasteiger partial charge in [0.2, 0.25) is 0 Å². The van der Waals surface area contributed by atoms with E-state index < -0.39 is 5.54 Å². The van der Waals surface area contributed by atoms with Gasteiger partial charge in [-0.05, 0) is 57.5 Å². The average Bonchev–Trinajstić information content (AvgIpc) is 3.26. The smallest absolute Gasteiger partial charge is 0.327 e. The Hall–Kier alpha value is -0.650. The number of piperidine rings is 1. The van der Waals surface area contributed by atoms with Crippen LogP contribution in [0, 0.1) is 11.8 Å². The summed E-state index contributed by atoms with van der Waals surface area (Å²) < 4.78 is 10.4. The third-order valence-corrected chi connectivity index (χ3v) is 4.56. The number of likely N-dealkylation sites (tertiary alicyclic amines) is 1. The number of carbonyl (C=O) groups excluding carboxylic acids is 1. The number of nitrogens with zero attached hydrogens (tertiary/aromatic N) is 1. The van der Waals surface area contributed by atoms with Gasteiger partial charge in [-0.25, -0.2) is 4.79 Å². The maximum absolute atomic E-state index is 12.2. The predicted molar refractivity (Wildman–Crippen MR) is 77.3 cm³/mol. The summed E-state index contributed by atoms with van der Waals surface area (Å²) in [6.45, 7) is 5.71. The van der Waals surface area contributed by atoms with Gasteiger partial charge in [0.25, 0.3) is 0 Å². The first-order chi connectivity index (χ1) is 9.60. The molecule has 5 nitrogen and oxygen atoms in total. The Balaban J connectivity index is 1.88. The number of methoxy groups -OCH3 is 1. The van der Waals surface area contributed by atoms with E-state index in [-0.39, 0.29) is 5.97 Å². The van der Waals surface area contributed by atoms with Gasteiger partial charge in [0.1, 0.15) is 5.54 Å². The van der Waals surface area contributed by atoms with Gasteiger partial charge >= 0.3 is 5.97 Å². The van der Waals surface area contributed by atoms with E-state index in [0.717, 1.165) is 45.4 Å². The first-order valence-electron chi connectivity index (χ1n) is 7.77. The summed E-state index contributed by atoms with van der Waals surface area (Å²) in [7, 11) is 1.76. The van der Waals surface area contributed by atoms with Gasteiger partial charge in [-0.2, -0.15) is 0 Å². The quantitative estimate of drug-likeness (QED) is 0.707. The summed E-state index contributed by atoms with van der Waals surface area (Å²) in [6, 6.07) is 0. The fourth-order valence-electron chi connectivity index (χ4n) is 3.14.